The number of aliphatic hydroxyl groups excluding tert-OH is 1. The van der Waals surface area contributed by atoms with Crippen molar-refractivity contribution >= 4 is 33.4 Å². The summed E-state index contributed by atoms with van der Waals surface area (Å²) in [6.07, 6.45) is -0.0416. The molecule has 4 aromatic rings. The van der Waals surface area contributed by atoms with Crippen LogP contribution in [0.15, 0.2) is 101 Å². The van der Waals surface area contributed by atoms with E-state index < -0.39 is 40.7 Å². The maximum atomic E-state index is 13.7. The van der Waals surface area contributed by atoms with Gasteiger partial charge in [0.2, 0.25) is 15.9 Å². The average molecular weight is 664 g/mol. The van der Waals surface area contributed by atoms with Gasteiger partial charge in [0.1, 0.15) is 0 Å². The largest absolute Gasteiger partial charge is 0.452 e. The molecule has 11 heteroatoms. The summed E-state index contributed by atoms with van der Waals surface area (Å²) in [4.78, 5) is 27.9. The van der Waals surface area contributed by atoms with Gasteiger partial charge in [0, 0.05) is 11.4 Å². The Hall–Kier alpha value is -3.87. The van der Waals surface area contributed by atoms with E-state index in [2.05, 4.69) is 0 Å². The van der Waals surface area contributed by atoms with Gasteiger partial charge in [-0.15, -0.1) is 11.3 Å². The first-order valence-corrected chi connectivity index (χ1v) is 17.4. The summed E-state index contributed by atoms with van der Waals surface area (Å²) in [7, 11) is -2.74. The molecule has 4 rings (SSSR count). The van der Waals surface area contributed by atoms with Crippen LogP contribution in [-0.4, -0.2) is 61.0 Å². The molecule has 9 nitrogen and oxygen atoms in total. The number of amides is 2. The Morgan fingerprint density at radius 3 is 2.11 bits per heavy atom. The Morgan fingerprint density at radius 2 is 1.52 bits per heavy atom. The minimum Gasteiger partial charge on any atom is -0.452 e. The van der Waals surface area contributed by atoms with Crippen LogP contribution in [0.25, 0.3) is 11.1 Å². The molecular formula is C35H41N3O6S2. The molecule has 1 aromatic heterocycles. The fraction of sp³-hybridized carbons (Fsp3) is 0.314. The third-order valence-corrected chi connectivity index (χ3v) is 10.6. The Labute approximate surface area is 275 Å². The Balaban J connectivity index is 1.52. The molecule has 244 valence electrons. The van der Waals surface area contributed by atoms with Crippen molar-refractivity contribution in [2.24, 2.45) is 11.7 Å². The van der Waals surface area contributed by atoms with Crippen LogP contribution in [0.4, 0.5) is 4.79 Å². The number of nitrogens with zero attached hydrogens (tertiary/aromatic N) is 2. The predicted molar refractivity (Wildman–Crippen MR) is 180 cm³/mol. The molecule has 0 fully saturated rings. The lowest BCUT2D eigenvalue weighted by Gasteiger charge is -2.30. The van der Waals surface area contributed by atoms with Gasteiger partial charge in [-0.05, 0) is 64.6 Å². The number of hydrogen-bond acceptors (Lipinski definition) is 8. The minimum atomic E-state index is -3.94. The highest BCUT2D eigenvalue weighted by molar-refractivity contribution is 7.89. The van der Waals surface area contributed by atoms with Crippen LogP contribution in [0.5, 0.6) is 0 Å². The quantitative estimate of drug-likeness (QED) is 0.173. The van der Waals surface area contributed by atoms with Gasteiger partial charge >= 0.3 is 6.09 Å². The van der Waals surface area contributed by atoms with E-state index >= 15 is 0 Å². The highest BCUT2D eigenvalue weighted by Crippen LogP contribution is 2.33. The normalized spacial score (nSPS) is 13.0. The first-order chi connectivity index (χ1) is 22.0. The molecule has 0 aliphatic heterocycles. The van der Waals surface area contributed by atoms with Crippen molar-refractivity contribution < 1.29 is 27.9 Å². The average Bonchev–Trinajstić information content (AvgIpc) is 3.54. The maximum absolute atomic E-state index is 13.7. The number of methoxy groups -OCH3 is 1. The van der Waals surface area contributed by atoms with E-state index in [1.54, 1.807) is 29.6 Å². The summed E-state index contributed by atoms with van der Waals surface area (Å²) in [5, 5.41) is 12.2. The lowest BCUT2D eigenvalue weighted by atomic mass is 10.0. The third-order valence-electron chi connectivity index (χ3n) is 7.64. The first-order valence-electron chi connectivity index (χ1n) is 15.1. The molecule has 2 atom stereocenters. The molecule has 2 amide bonds. The maximum Gasteiger partial charge on any atom is 0.416 e. The zero-order valence-electron chi connectivity index (χ0n) is 26.3. The van der Waals surface area contributed by atoms with E-state index in [0.717, 1.165) is 21.6 Å². The van der Waals surface area contributed by atoms with Crippen LogP contribution in [-0.2, 0) is 32.5 Å². The van der Waals surface area contributed by atoms with E-state index in [1.165, 1.54) is 34.9 Å². The summed E-state index contributed by atoms with van der Waals surface area (Å²) in [6, 6.07) is 25.7. The van der Waals surface area contributed by atoms with Crippen molar-refractivity contribution in [3.8, 4) is 11.1 Å². The summed E-state index contributed by atoms with van der Waals surface area (Å²) >= 11 is 1.25. The van der Waals surface area contributed by atoms with Crippen LogP contribution >= 0.6 is 11.3 Å². The van der Waals surface area contributed by atoms with Crippen LogP contribution in [0.2, 0.25) is 0 Å². The number of sulfonamides is 1. The van der Waals surface area contributed by atoms with E-state index in [0.29, 0.717) is 16.9 Å². The number of hydrogen-bond donors (Lipinski definition) is 2. The molecule has 1 unspecified atom stereocenters. The van der Waals surface area contributed by atoms with Crippen molar-refractivity contribution in [2.75, 3.05) is 20.3 Å². The smallest absolute Gasteiger partial charge is 0.416 e. The second kappa shape index (κ2) is 16.1. The first kappa shape index (κ1) is 35.0. The second-order valence-electron chi connectivity index (χ2n) is 11.4. The molecule has 1 heterocycles. The van der Waals surface area contributed by atoms with Gasteiger partial charge in [-0.25, -0.2) is 18.1 Å². The van der Waals surface area contributed by atoms with Gasteiger partial charge in [0.25, 0.3) is 0 Å². The summed E-state index contributed by atoms with van der Waals surface area (Å²) in [5.41, 5.74) is 9.85. The summed E-state index contributed by atoms with van der Waals surface area (Å²) in [6.45, 7) is 3.65. The lowest BCUT2D eigenvalue weighted by Crippen LogP contribution is -2.47. The van der Waals surface area contributed by atoms with Gasteiger partial charge in [0.15, 0.2) is 0 Å². The van der Waals surface area contributed by atoms with Crippen molar-refractivity contribution in [3.63, 3.8) is 0 Å². The SMILES string of the molecule is COC(=O)N(Cc1csc(C(CO)N(CCC(C)C)S(=O)(=O)c2ccccc2)c1)C(=O)[C@@H](N)Cc1ccc(-c2ccccc2)cc1. The molecule has 3 N–H and O–H groups in total. The highest BCUT2D eigenvalue weighted by Gasteiger charge is 2.34. The van der Waals surface area contributed by atoms with Crippen LogP contribution in [0, 0.1) is 5.92 Å². The summed E-state index contributed by atoms with van der Waals surface area (Å²) in [5.74, 6) is -0.368. The molecule has 0 spiro atoms. The monoisotopic (exact) mass is 663 g/mol. The summed E-state index contributed by atoms with van der Waals surface area (Å²) < 4.78 is 33.7. The molecule has 46 heavy (non-hydrogen) atoms. The van der Waals surface area contributed by atoms with Crippen molar-refractivity contribution in [2.45, 2.75) is 50.2 Å². The standard InChI is InChI=1S/C35H41N3O6S2/c1-25(2)18-19-38(46(42,43)30-12-8-5-9-13-30)32(23-39)33-21-27(24-45-33)22-37(35(41)44-3)34(40)31(36)20-26-14-16-29(17-15-26)28-10-6-4-7-11-28/h4-17,21,24-25,31-32,39H,18-20,22-23,36H2,1-3H3/t31-,32?/m0/s1. The topological polar surface area (TPSA) is 130 Å². The van der Waals surface area contributed by atoms with E-state index in [-0.39, 0.29) is 30.3 Å². The minimum absolute atomic E-state index is 0.127. The van der Waals surface area contributed by atoms with E-state index in [4.69, 9.17) is 10.5 Å². The molecule has 0 saturated carbocycles. The number of imide groups is 1. The van der Waals surface area contributed by atoms with E-state index in [1.807, 2.05) is 68.4 Å². The Kier molecular flexibility index (Phi) is 12.3. The zero-order chi connectivity index (χ0) is 33.3. The number of nitrogens with two attached hydrogens (primary N) is 1. The van der Waals surface area contributed by atoms with Crippen LogP contribution < -0.4 is 5.73 Å². The van der Waals surface area contributed by atoms with Gasteiger partial charge < -0.3 is 15.6 Å². The Morgan fingerprint density at radius 1 is 0.913 bits per heavy atom. The van der Waals surface area contributed by atoms with Crippen LogP contribution in [0.3, 0.4) is 0 Å². The fourth-order valence-corrected chi connectivity index (χ4v) is 7.77. The number of carbonyl (C=O) groups is 2. The number of ether oxygens (including phenoxy) is 1. The van der Waals surface area contributed by atoms with Gasteiger partial charge in [-0.2, -0.15) is 4.31 Å². The van der Waals surface area contributed by atoms with Crippen molar-refractivity contribution in [1.29, 1.82) is 0 Å². The molecule has 0 saturated heterocycles. The third kappa shape index (κ3) is 8.68. The molecule has 0 radical (unpaired) electrons. The number of thiophene rings is 1. The molecule has 0 aliphatic carbocycles. The highest BCUT2D eigenvalue weighted by atomic mass is 32.2. The van der Waals surface area contributed by atoms with Gasteiger partial charge in [-0.3, -0.25) is 4.79 Å². The van der Waals surface area contributed by atoms with Crippen molar-refractivity contribution in [1.82, 2.24) is 9.21 Å². The Bertz CT molecular complexity index is 1680. The molecule has 0 aliphatic rings. The number of carbonyl (C=O) groups excluding carboxylic acids is 2. The van der Waals surface area contributed by atoms with E-state index in [9.17, 15) is 23.1 Å². The second-order valence-corrected chi connectivity index (χ2v) is 14.3. The lowest BCUT2D eigenvalue weighted by molar-refractivity contribution is -0.131. The number of rotatable bonds is 14. The van der Waals surface area contributed by atoms with Gasteiger partial charge in [-0.1, -0.05) is 86.6 Å². The fourth-order valence-electron chi connectivity index (χ4n) is 5.06. The number of benzene rings is 3. The zero-order valence-corrected chi connectivity index (χ0v) is 27.9. The molecular weight excluding hydrogens is 623 g/mol. The predicted octanol–water partition coefficient (Wildman–Crippen LogP) is 5.85. The van der Waals surface area contributed by atoms with Crippen molar-refractivity contribution in [3.05, 3.63) is 112 Å². The number of aliphatic hydroxyl groups is 1. The molecule has 0 bridgehead atoms. The molecule has 3 aromatic carbocycles. The van der Waals surface area contributed by atoms with Gasteiger partial charge in [0.05, 0.1) is 37.2 Å². The van der Waals surface area contributed by atoms with Crippen LogP contribution in [0.1, 0.15) is 42.3 Å².